The molecule has 1 aliphatic heterocycles. The Hall–Kier alpha value is -2.11. The van der Waals surface area contributed by atoms with Crippen LogP contribution in [0.3, 0.4) is 0 Å². The van der Waals surface area contributed by atoms with Crippen LogP contribution in [0.5, 0.6) is 0 Å². The quantitative estimate of drug-likeness (QED) is 0.0267. The number of carbonyl (C=O) groups is 1. The average molecular weight is 917 g/mol. The Morgan fingerprint density at radius 1 is 0.508 bits per heavy atom. The van der Waals surface area contributed by atoms with Crippen molar-refractivity contribution in [3.05, 3.63) is 60.8 Å². The van der Waals surface area contributed by atoms with Gasteiger partial charge in [-0.25, -0.2) is 0 Å². The number of hydrogen-bond acceptors (Lipinski definition) is 9. The standard InChI is InChI=1S/C56H100O9/c1-3-5-7-9-11-13-15-17-19-21-22-23-24-25-26-27-28-30-32-34-36-38-40-42-44-46-62-48-50(49-63-56-55(61)54(60)53(59)51(47-57)65-56)64-52(58)45-43-41-39-37-35-33-31-29-20-18-16-14-12-10-8-6-4-2/h6,8,12,14,18,20,31,33,37,39,50-51,53-57,59-61H,3-5,7,9-11,13,15-17,19,21-30,32,34-36,38,40-49H2,1-2H3/b8-6-,14-12-,20-18-,33-31-,39-37-. The zero-order valence-electron chi connectivity index (χ0n) is 41.7. The molecule has 0 saturated carbocycles. The van der Waals surface area contributed by atoms with Crippen LogP contribution in [-0.2, 0) is 23.7 Å². The first-order valence-electron chi connectivity index (χ1n) is 26.9. The molecule has 0 radical (unpaired) electrons. The van der Waals surface area contributed by atoms with Crippen molar-refractivity contribution in [1.29, 1.82) is 0 Å². The van der Waals surface area contributed by atoms with Gasteiger partial charge in [-0.05, 0) is 51.4 Å². The Bertz CT molecular complexity index is 1180. The van der Waals surface area contributed by atoms with Gasteiger partial charge in [0, 0.05) is 13.0 Å². The molecule has 0 aromatic rings. The van der Waals surface area contributed by atoms with E-state index in [1.807, 2.05) is 0 Å². The molecule has 1 rings (SSSR count). The van der Waals surface area contributed by atoms with Gasteiger partial charge in [-0.1, -0.05) is 229 Å². The van der Waals surface area contributed by atoms with Gasteiger partial charge in [-0.2, -0.15) is 0 Å². The summed E-state index contributed by atoms with van der Waals surface area (Å²) in [5.74, 6) is -0.367. The van der Waals surface area contributed by atoms with Crippen LogP contribution in [0.25, 0.3) is 0 Å². The smallest absolute Gasteiger partial charge is 0.306 e. The van der Waals surface area contributed by atoms with Crippen LogP contribution in [0.2, 0.25) is 0 Å². The second-order valence-electron chi connectivity index (χ2n) is 18.3. The fourth-order valence-corrected chi connectivity index (χ4v) is 8.06. The SMILES string of the molecule is CC/C=C\C/C=C\C/C=C\C/C=C\C/C=C\CCCC(=O)OC(COCCCCCCCCCCCCCCCCCCCCCCCCCCC)COC1OC(CO)C(O)C(O)C1O. The lowest BCUT2D eigenvalue weighted by atomic mass is 9.99. The van der Waals surface area contributed by atoms with Gasteiger partial charge in [-0.3, -0.25) is 4.79 Å². The van der Waals surface area contributed by atoms with Gasteiger partial charge < -0.3 is 39.4 Å². The highest BCUT2D eigenvalue weighted by molar-refractivity contribution is 5.69. The van der Waals surface area contributed by atoms with Crippen LogP contribution in [-0.4, -0.2) is 89.6 Å². The Labute approximate surface area is 398 Å². The van der Waals surface area contributed by atoms with Gasteiger partial charge in [0.25, 0.3) is 0 Å². The van der Waals surface area contributed by atoms with Crippen molar-refractivity contribution in [1.82, 2.24) is 0 Å². The minimum absolute atomic E-state index is 0.122. The van der Waals surface area contributed by atoms with Crippen molar-refractivity contribution in [2.24, 2.45) is 0 Å². The van der Waals surface area contributed by atoms with E-state index in [1.54, 1.807) is 0 Å². The first-order chi connectivity index (χ1) is 31.9. The molecule has 1 saturated heterocycles. The zero-order valence-corrected chi connectivity index (χ0v) is 41.7. The zero-order chi connectivity index (χ0) is 47.1. The first kappa shape index (κ1) is 60.9. The van der Waals surface area contributed by atoms with Crippen molar-refractivity contribution in [2.75, 3.05) is 26.4 Å². The normalized spacial score (nSPS) is 19.9. The van der Waals surface area contributed by atoms with Gasteiger partial charge in [0.2, 0.25) is 0 Å². The number of allylic oxidation sites excluding steroid dienone is 10. The van der Waals surface area contributed by atoms with Gasteiger partial charge in [0.05, 0.1) is 19.8 Å². The average Bonchev–Trinajstić information content (AvgIpc) is 3.31. The molecule has 6 atom stereocenters. The topological polar surface area (TPSA) is 135 Å². The second kappa shape index (κ2) is 47.0. The van der Waals surface area contributed by atoms with Crippen LogP contribution < -0.4 is 0 Å². The molecule has 1 aliphatic rings. The molecule has 0 amide bonds. The maximum atomic E-state index is 12.8. The third-order valence-electron chi connectivity index (χ3n) is 12.2. The molecule has 0 aromatic heterocycles. The number of unbranched alkanes of at least 4 members (excludes halogenated alkanes) is 25. The third kappa shape index (κ3) is 37.5. The summed E-state index contributed by atoms with van der Waals surface area (Å²) in [6, 6.07) is 0. The highest BCUT2D eigenvalue weighted by Crippen LogP contribution is 2.23. The Kier molecular flexibility index (Phi) is 44.0. The van der Waals surface area contributed by atoms with E-state index in [-0.39, 0.29) is 25.6 Å². The van der Waals surface area contributed by atoms with Crippen molar-refractivity contribution < 1.29 is 44.2 Å². The molecule has 9 nitrogen and oxygen atoms in total. The van der Waals surface area contributed by atoms with E-state index in [2.05, 4.69) is 74.6 Å². The molecule has 6 unspecified atom stereocenters. The van der Waals surface area contributed by atoms with Gasteiger partial charge >= 0.3 is 5.97 Å². The summed E-state index contributed by atoms with van der Waals surface area (Å²) in [7, 11) is 0. The fraction of sp³-hybridized carbons (Fsp3) is 0.804. The molecule has 0 aromatic carbocycles. The summed E-state index contributed by atoms with van der Waals surface area (Å²) in [6.07, 6.45) is 54.2. The van der Waals surface area contributed by atoms with Crippen molar-refractivity contribution in [3.8, 4) is 0 Å². The molecule has 0 aliphatic carbocycles. The molecule has 1 heterocycles. The highest BCUT2D eigenvalue weighted by atomic mass is 16.7. The number of esters is 1. The molecule has 65 heavy (non-hydrogen) atoms. The van der Waals surface area contributed by atoms with Crippen LogP contribution in [0.15, 0.2) is 60.8 Å². The minimum atomic E-state index is -1.55. The number of carbonyl (C=O) groups excluding carboxylic acids is 1. The van der Waals surface area contributed by atoms with Crippen LogP contribution in [0.1, 0.15) is 226 Å². The predicted molar refractivity (Wildman–Crippen MR) is 270 cm³/mol. The number of aliphatic hydroxyl groups excluding tert-OH is 4. The maximum Gasteiger partial charge on any atom is 0.306 e. The minimum Gasteiger partial charge on any atom is -0.457 e. The monoisotopic (exact) mass is 917 g/mol. The fourth-order valence-electron chi connectivity index (χ4n) is 8.06. The predicted octanol–water partition coefficient (Wildman–Crippen LogP) is 13.4. The van der Waals surface area contributed by atoms with E-state index < -0.39 is 43.4 Å². The molecule has 1 fully saturated rings. The van der Waals surface area contributed by atoms with Crippen LogP contribution in [0.4, 0.5) is 0 Å². The first-order valence-corrected chi connectivity index (χ1v) is 26.9. The molecular weight excluding hydrogens is 817 g/mol. The lowest BCUT2D eigenvalue weighted by Gasteiger charge is -2.39. The van der Waals surface area contributed by atoms with Crippen molar-refractivity contribution in [3.63, 3.8) is 0 Å². The molecule has 0 spiro atoms. The summed E-state index contributed by atoms with van der Waals surface area (Å²) in [4.78, 5) is 12.8. The van der Waals surface area contributed by atoms with Gasteiger partial charge in [-0.15, -0.1) is 0 Å². The maximum absolute atomic E-state index is 12.8. The Balaban J connectivity index is 2.18. The van der Waals surface area contributed by atoms with E-state index in [4.69, 9.17) is 18.9 Å². The number of hydrogen-bond donors (Lipinski definition) is 4. The van der Waals surface area contributed by atoms with Gasteiger partial charge in [0.1, 0.15) is 30.5 Å². The highest BCUT2D eigenvalue weighted by Gasteiger charge is 2.44. The van der Waals surface area contributed by atoms with E-state index in [0.717, 1.165) is 51.4 Å². The molecular formula is C56H100O9. The Morgan fingerprint density at radius 3 is 1.35 bits per heavy atom. The molecule has 0 bridgehead atoms. The van der Waals surface area contributed by atoms with E-state index in [0.29, 0.717) is 13.0 Å². The lowest BCUT2D eigenvalue weighted by Crippen LogP contribution is -2.59. The summed E-state index contributed by atoms with van der Waals surface area (Å²) in [6.45, 7) is 4.40. The van der Waals surface area contributed by atoms with Crippen molar-refractivity contribution >= 4 is 5.97 Å². The molecule has 378 valence electrons. The number of ether oxygens (including phenoxy) is 4. The number of rotatable bonds is 46. The lowest BCUT2D eigenvalue weighted by molar-refractivity contribution is -0.305. The van der Waals surface area contributed by atoms with Crippen LogP contribution in [0, 0.1) is 0 Å². The largest absolute Gasteiger partial charge is 0.457 e. The van der Waals surface area contributed by atoms with E-state index in [1.165, 1.54) is 148 Å². The van der Waals surface area contributed by atoms with E-state index >= 15 is 0 Å². The summed E-state index contributed by atoms with van der Waals surface area (Å²) >= 11 is 0. The van der Waals surface area contributed by atoms with Crippen molar-refractivity contribution in [2.45, 2.75) is 263 Å². The second-order valence-corrected chi connectivity index (χ2v) is 18.3. The molecule has 4 N–H and O–H groups in total. The van der Waals surface area contributed by atoms with E-state index in [9.17, 15) is 25.2 Å². The van der Waals surface area contributed by atoms with Gasteiger partial charge in [0.15, 0.2) is 6.29 Å². The number of aliphatic hydroxyl groups is 4. The third-order valence-corrected chi connectivity index (χ3v) is 12.2. The summed E-state index contributed by atoms with van der Waals surface area (Å²) < 4.78 is 22.8. The van der Waals surface area contributed by atoms with Crippen LogP contribution >= 0.6 is 0 Å². The molecule has 9 heteroatoms. The Morgan fingerprint density at radius 2 is 0.923 bits per heavy atom. The summed E-state index contributed by atoms with van der Waals surface area (Å²) in [5, 5.41) is 40.2. The summed E-state index contributed by atoms with van der Waals surface area (Å²) in [5.41, 5.74) is 0.